The average Bonchev–Trinajstić information content (AvgIpc) is 2.71. The van der Waals surface area contributed by atoms with Crippen LogP contribution in [-0.4, -0.2) is 49.1 Å². The van der Waals surface area contributed by atoms with Gasteiger partial charge in [-0.05, 0) is 38.2 Å². The molecule has 1 fully saturated rings. The Morgan fingerprint density at radius 2 is 2.16 bits per heavy atom. The molecular formula is C14H22N4O. The van der Waals surface area contributed by atoms with Gasteiger partial charge in [-0.25, -0.2) is 4.79 Å². The average molecular weight is 262 g/mol. The van der Waals surface area contributed by atoms with Gasteiger partial charge in [0.1, 0.15) is 0 Å². The van der Waals surface area contributed by atoms with Crippen molar-refractivity contribution in [3.8, 4) is 0 Å². The minimum Gasteiger partial charge on any atom is -0.399 e. The molecule has 0 spiro atoms. The predicted molar refractivity (Wildman–Crippen MR) is 78.1 cm³/mol. The van der Waals surface area contributed by atoms with Gasteiger partial charge in [0.15, 0.2) is 0 Å². The number of urea groups is 1. The Morgan fingerprint density at radius 1 is 1.42 bits per heavy atom. The largest absolute Gasteiger partial charge is 0.399 e. The van der Waals surface area contributed by atoms with E-state index < -0.39 is 0 Å². The van der Waals surface area contributed by atoms with E-state index in [9.17, 15) is 4.79 Å². The maximum atomic E-state index is 12.2. The molecule has 0 radical (unpaired) electrons. The van der Waals surface area contributed by atoms with Crippen molar-refractivity contribution in [2.45, 2.75) is 13.0 Å². The molecule has 19 heavy (non-hydrogen) atoms. The molecule has 3 N–H and O–H groups in total. The summed E-state index contributed by atoms with van der Waals surface area (Å²) in [5.74, 6) is 0.488. The van der Waals surface area contributed by atoms with Crippen LogP contribution in [0.25, 0.3) is 0 Å². The lowest BCUT2D eigenvalue weighted by molar-refractivity contribution is 0.216. The second-order valence-electron chi connectivity index (χ2n) is 5.47. The van der Waals surface area contributed by atoms with E-state index in [0.717, 1.165) is 18.8 Å². The number of hydrogen-bond acceptors (Lipinski definition) is 3. The van der Waals surface area contributed by atoms with Crippen molar-refractivity contribution in [2.24, 2.45) is 5.92 Å². The fraction of sp³-hybridized carbons (Fsp3) is 0.500. The second kappa shape index (κ2) is 5.48. The van der Waals surface area contributed by atoms with E-state index in [1.165, 1.54) is 0 Å². The number of nitrogens with zero attached hydrogens (tertiary/aromatic N) is 2. The van der Waals surface area contributed by atoms with Crippen LogP contribution in [0.1, 0.15) is 6.92 Å². The quantitative estimate of drug-likeness (QED) is 0.797. The molecule has 1 aromatic carbocycles. The van der Waals surface area contributed by atoms with Gasteiger partial charge in [0.2, 0.25) is 0 Å². The Labute approximate surface area is 114 Å². The maximum absolute atomic E-state index is 12.2. The topological polar surface area (TPSA) is 61.6 Å². The molecule has 5 nitrogen and oxygen atoms in total. The van der Waals surface area contributed by atoms with E-state index in [0.29, 0.717) is 17.6 Å². The van der Waals surface area contributed by atoms with Crippen molar-refractivity contribution in [3.63, 3.8) is 0 Å². The molecule has 2 unspecified atom stereocenters. The lowest BCUT2D eigenvalue weighted by Gasteiger charge is -2.22. The van der Waals surface area contributed by atoms with Crippen molar-refractivity contribution in [3.05, 3.63) is 24.3 Å². The first-order valence-corrected chi connectivity index (χ1v) is 6.55. The molecule has 2 amide bonds. The van der Waals surface area contributed by atoms with Gasteiger partial charge in [-0.15, -0.1) is 0 Å². The summed E-state index contributed by atoms with van der Waals surface area (Å²) in [4.78, 5) is 16.2. The summed E-state index contributed by atoms with van der Waals surface area (Å²) in [6, 6.07) is 7.61. The van der Waals surface area contributed by atoms with E-state index in [-0.39, 0.29) is 6.03 Å². The number of rotatable bonds is 2. The summed E-state index contributed by atoms with van der Waals surface area (Å²) in [6.07, 6.45) is 0. The highest BCUT2D eigenvalue weighted by atomic mass is 16.2. The minimum atomic E-state index is -0.0539. The van der Waals surface area contributed by atoms with Gasteiger partial charge in [-0.1, -0.05) is 13.0 Å². The summed E-state index contributed by atoms with van der Waals surface area (Å²) in [5, 5.41) is 2.89. The van der Waals surface area contributed by atoms with Gasteiger partial charge < -0.3 is 20.9 Å². The Bertz CT molecular complexity index is 461. The Morgan fingerprint density at radius 3 is 2.74 bits per heavy atom. The first-order chi connectivity index (χ1) is 8.97. The lowest BCUT2D eigenvalue weighted by atomic mass is 10.1. The number of nitrogen functional groups attached to an aromatic ring is 1. The number of anilines is 2. The Balaban J connectivity index is 1.98. The van der Waals surface area contributed by atoms with Crippen molar-refractivity contribution in [1.29, 1.82) is 0 Å². The van der Waals surface area contributed by atoms with Crippen LogP contribution in [0.4, 0.5) is 16.2 Å². The number of likely N-dealkylation sites (tertiary alicyclic amines) is 1. The van der Waals surface area contributed by atoms with E-state index in [1.807, 2.05) is 17.0 Å². The normalized spacial score (nSPS) is 22.8. The third-order valence-corrected chi connectivity index (χ3v) is 3.66. The summed E-state index contributed by atoms with van der Waals surface area (Å²) < 4.78 is 0. The molecule has 5 heteroatoms. The monoisotopic (exact) mass is 262 g/mol. The van der Waals surface area contributed by atoms with Gasteiger partial charge in [0.25, 0.3) is 0 Å². The number of likely N-dealkylation sites (N-methyl/N-ethyl adjacent to an activating group) is 1. The highest BCUT2D eigenvalue weighted by Crippen LogP contribution is 2.21. The first-order valence-electron chi connectivity index (χ1n) is 6.55. The number of carbonyl (C=O) groups excluding carboxylic acids is 1. The van der Waals surface area contributed by atoms with Crippen LogP contribution in [0.3, 0.4) is 0 Å². The summed E-state index contributed by atoms with van der Waals surface area (Å²) in [7, 11) is 4.11. The number of hydrogen-bond donors (Lipinski definition) is 2. The number of benzene rings is 1. The zero-order valence-electron chi connectivity index (χ0n) is 11.8. The minimum absolute atomic E-state index is 0.0539. The van der Waals surface area contributed by atoms with Gasteiger partial charge in [-0.3, -0.25) is 0 Å². The van der Waals surface area contributed by atoms with E-state index in [4.69, 9.17) is 5.73 Å². The van der Waals surface area contributed by atoms with Crippen LogP contribution in [0.15, 0.2) is 24.3 Å². The Kier molecular flexibility index (Phi) is 3.95. The summed E-state index contributed by atoms with van der Waals surface area (Å²) in [6.45, 7) is 3.73. The van der Waals surface area contributed by atoms with Gasteiger partial charge in [-0.2, -0.15) is 0 Å². The number of carbonyl (C=O) groups is 1. The zero-order valence-corrected chi connectivity index (χ0v) is 11.8. The van der Waals surface area contributed by atoms with Gasteiger partial charge in [0.05, 0.1) is 0 Å². The highest BCUT2D eigenvalue weighted by Gasteiger charge is 2.33. The highest BCUT2D eigenvalue weighted by molar-refractivity contribution is 5.90. The predicted octanol–water partition coefficient (Wildman–Crippen LogP) is 1.68. The van der Waals surface area contributed by atoms with Crippen molar-refractivity contribution in [2.75, 3.05) is 38.2 Å². The second-order valence-corrected chi connectivity index (χ2v) is 5.47. The van der Waals surface area contributed by atoms with E-state index in [2.05, 4.69) is 31.2 Å². The molecule has 1 aliphatic heterocycles. The molecule has 1 aliphatic rings. The third kappa shape index (κ3) is 3.17. The molecule has 1 saturated heterocycles. The van der Waals surface area contributed by atoms with Gasteiger partial charge >= 0.3 is 6.03 Å². The van der Waals surface area contributed by atoms with Crippen LogP contribution in [-0.2, 0) is 0 Å². The van der Waals surface area contributed by atoms with Crippen LogP contribution >= 0.6 is 0 Å². The molecule has 0 aromatic heterocycles. The van der Waals surface area contributed by atoms with E-state index >= 15 is 0 Å². The third-order valence-electron chi connectivity index (χ3n) is 3.66. The van der Waals surface area contributed by atoms with E-state index in [1.54, 1.807) is 12.1 Å². The van der Waals surface area contributed by atoms with Crippen molar-refractivity contribution < 1.29 is 4.79 Å². The van der Waals surface area contributed by atoms with Crippen LogP contribution in [0, 0.1) is 5.92 Å². The molecular weight excluding hydrogens is 240 g/mol. The zero-order chi connectivity index (χ0) is 14.0. The summed E-state index contributed by atoms with van der Waals surface area (Å²) in [5.41, 5.74) is 7.09. The number of nitrogens with one attached hydrogen (secondary N) is 1. The number of nitrogens with two attached hydrogens (primary N) is 1. The molecule has 1 heterocycles. The van der Waals surface area contributed by atoms with Crippen LogP contribution in [0.2, 0.25) is 0 Å². The molecule has 1 aromatic rings. The standard InChI is InChI=1S/C14H22N4O/c1-10-8-18(9-13(10)17(2)3)14(19)16-12-6-4-5-11(15)7-12/h4-7,10,13H,8-9,15H2,1-3H3,(H,16,19). The molecule has 2 atom stereocenters. The molecule has 2 rings (SSSR count). The maximum Gasteiger partial charge on any atom is 0.321 e. The molecule has 104 valence electrons. The number of amides is 2. The smallest absolute Gasteiger partial charge is 0.321 e. The fourth-order valence-electron chi connectivity index (χ4n) is 2.61. The van der Waals surface area contributed by atoms with Crippen molar-refractivity contribution in [1.82, 2.24) is 9.80 Å². The van der Waals surface area contributed by atoms with Crippen LogP contribution < -0.4 is 11.1 Å². The molecule has 0 saturated carbocycles. The fourth-order valence-corrected chi connectivity index (χ4v) is 2.61. The summed E-state index contributed by atoms with van der Waals surface area (Å²) >= 11 is 0. The molecule has 0 bridgehead atoms. The Hall–Kier alpha value is -1.75. The van der Waals surface area contributed by atoms with Gasteiger partial charge in [0, 0.05) is 30.5 Å². The molecule has 0 aliphatic carbocycles. The SMILES string of the molecule is CC1CN(C(=O)Nc2cccc(N)c2)CC1N(C)C. The van der Waals surface area contributed by atoms with Crippen molar-refractivity contribution >= 4 is 17.4 Å². The van der Waals surface area contributed by atoms with Crippen LogP contribution in [0.5, 0.6) is 0 Å². The lowest BCUT2D eigenvalue weighted by Crippen LogP contribution is -2.37. The first kappa shape index (κ1) is 13.7.